The third kappa shape index (κ3) is 11.8. The van der Waals surface area contributed by atoms with Gasteiger partial charge in [-0.1, -0.05) is 0 Å². The van der Waals surface area contributed by atoms with E-state index in [1.165, 1.54) is 37.2 Å². The van der Waals surface area contributed by atoms with Gasteiger partial charge in [0.05, 0.1) is 0 Å². The number of hydrogen-bond donors (Lipinski definition) is 3. The zero-order valence-corrected chi connectivity index (χ0v) is 11.1. The van der Waals surface area contributed by atoms with E-state index < -0.39 is 10.4 Å². The Hall–Kier alpha value is -0.110. The molecule has 0 spiro atoms. The molecule has 0 aliphatic rings. The van der Waals surface area contributed by atoms with Gasteiger partial charge < -0.3 is 0 Å². The van der Waals surface area contributed by atoms with Crippen LogP contribution in [0.25, 0.3) is 0 Å². The van der Waals surface area contributed by atoms with Crippen molar-refractivity contribution in [3.05, 3.63) is 29.8 Å². The molecule has 0 bridgehead atoms. The summed E-state index contributed by atoms with van der Waals surface area (Å²) in [6.45, 7) is 0. The summed E-state index contributed by atoms with van der Waals surface area (Å²) in [7, 11) is -4.67. The van der Waals surface area contributed by atoms with Gasteiger partial charge in [0.2, 0.25) is 0 Å². The quantitative estimate of drug-likeness (QED) is 0.528. The van der Waals surface area contributed by atoms with Gasteiger partial charge in [-0.3, -0.25) is 9.11 Å². The molecule has 1 rings (SSSR count). The Morgan fingerprint density at radius 1 is 1.13 bits per heavy atom. The first-order chi connectivity index (χ1) is 6.83. The summed E-state index contributed by atoms with van der Waals surface area (Å²) in [5, 5.41) is 8.93. The van der Waals surface area contributed by atoms with Gasteiger partial charge in [0.1, 0.15) is 0 Å². The van der Waals surface area contributed by atoms with Crippen LogP contribution in [0.3, 0.4) is 0 Å². The van der Waals surface area contributed by atoms with Gasteiger partial charge in [-0.05, 0) is 0 Å². The van der Waals surface area contributed by atoms with Crippen molar-refractivity contribution in [2.75, 3.05) is 0 Å². The third-order valence-electron chi connectivity index (χ3n) is 1.48. The van der Waals surface area contributed by atoms with Crippen LogP contribution in [0.15, 0.2) is 24.3 Å². The number of rotatable bonds is 2. The summed E-state index contributed by atoms with van der Waals surface area (Å²) in [5.74, 6) is 0.358. The van der Waals surface area contributed by atoms with Crippen LogP contribution < -0.4 is 0 Å². The van der Waals surface area contributed by atoms with Crippen molar-refractivity contribution < 1.29 is 22.6 Å². The Morgan fingerprint density at radius 3 is 1.87 bits per heavy atom. The topological polar surface area (TPSA) is 94.8 Å². The van der Waals surface area contributed by atoms with E-state index in [0.717, 1.165) is 6.42 Å². The van der Waals surface area contributed by atoms with Gasteiger partial charge in [-0.25, -0.2) is 0 Å². The summed E-state index contributed by atoms with van der Waals surface area (Å²) in [6, 6.07) is 7.44. The van der Waals surface area contributed by atoms with Gasteiger partial charge in [-0.2, -0.15) is 8.42 Å². The van der Waals surface area contributed by atoms with E-state index in [9.17, 15) is 0 Å². The molecule has 0 amide bonds. The molecule has 0 atom stereocenters. The van der Waals surface area contributed by atoms with Gasteiger partial charge >= 0.3 is 89.1 Å². The van der Waals surface area contributed by atoms with Crippen molar-refractivity contribution >= 4 is 38.3 Å². The summed E-state index contributed by atoms with van der Waals surface area (Å²) < 4.78 is 32.9. The molecule has 0 saturated carbocycles. The summed E-state index contributed by atoms with van der Waals surface area (Å²) in [6.07, 6.45) is 1.16. The van der Waals surface area contributed by atoms with Gasteiger partial charge in [0.15, 0.2) is 0 Å². The predicted octanol–water partition coefficient (Wildman–Crippen LogP) is 0.869. The molecular formula is C8H11NaO5S. The second-order valence-corrected chi connectivity index (χ2v) is 4.76. The van der Waals surface area contributed by atoms with E-state index in [-0.39, 0.29) is 0 Å². The van der Waals surface area contributed by atoms with Gasteiger partial charge in [-0.15, -0.1) is 0 Å². The van der Waals surface area contributed by atoms with Crippen LogP contribution in [0, 0.1) is 0 Å². The predicted molar refractivity (Wildman–Crippen MR) is 56.5 cm³/mol. The molecule has 5 nitrogen and oxygen atoms in total. The molecule has 7 heteroatoms. The Morgan fingerprint density at radius 2 is 1.53 bits per heavy atom. The van der Waals surface area contributed by atoms with E-state index in [1.54, 1.807) is 12.1 Å². The van der Waals surface area contributed by atoms with E-state index in [4.69, 9.17) is 22.6 Å². The fraction of sp³-hybridized carbons (Fsp3) is 0.250. The second-order valence-electron chi connectivity index (χ2n) is 2.86. The number of phenolic OH excluding ortho intramolecular Hbond substituents is 1. The molecule has 80 valence electrons. The number of aryl methyl sites for hydroxylation is 1. The molecule has 1 aromatic rings. The minimum absolute atomic E-state index is 0.358. The first kappa shape index (κ1) is 14.9. The Labute approximate surface area is 106 Å². The number of aromatic hydroxyl groups is 1. The third-order valence-corrected chi connectivity index (χ3v) is 1.98. The molecule has 0 aliphatic heterocycles. The van der Waals surface area contributed by atoms with Crippen molar-refractivity contribution in [2.45, 2.75) is 10.1 Å². The van der Waals surface area contributed by atoms with Crippen LogP contribution in [0.4, 0.5) is 0 Å². The van der Waals surface area contributed by atoms with Crippen LogP contribution in [-0.4, -0.2) is 50.6 Å². The maximum atomic E-state index is 8.93. The van der Waals surface area contributed by atoms with E-state index in [2.05, 4.69) is 0 Å². The Kier molecular flexibility index (Phi) is 7.16. The molecule has 0 unspecified atom stereocenters. The first-order valence-corrected chi connectivity index (χ1v) is 7.12. The average molecular weight is 242 g/mol. The van der Waals surface area contributed by atoms with Gasteiger partial charge in [0, 0.05) is 0 Å². The minimum atomic E-state index is -4.67. The normalized spacial score (nSPS) is 10.4. The van der Waals surface area contributed by atoms with Crippen molar-refractivity contribution in [3.8, 4) is 5.75 Å². The van der Waals surface area contributed by atoms with E-state index >= 15 is 0 Å². The summed E-state index contributed by atoms with van der Waals surface area (Å²) >= 11 is 1.26. The molecule has 3 N–H and O–H groups in total. The average Bonchev–Trinajstić information content (AvgIpc) is 2.06. The molecule has 0 aliphatic carbocycles. The molecule has 0 heterocycles. The monoisotopic (exact) mass is 242 g/mol. The van der Waals surface area contributed by atoms with Crippen molar-refractivity contribution in [1.82, 2.24) is 0 Å². The Bertz CT molecular complexity index is 365. The fourth-order valence-electron chi connectivity index (χ4n) is 0.951. The van der Waals surface area contributed by atoms with Crippen LogP contribution >= 0.6 is 0 Å². The molecule has 1 aromatic carbocycles. The molecular weight excluding hydrogens is 231 g/mol. The van der Waals surface area contributed by atoms with E-state index in [0.29, 0.717) is 5.75 Å². The number of hydrogen-bond acceptors (Lipinski definition) is 3. The van der Waals surface area contributed by atoms with Crippen LogP contribution in [0.1, 0.15) is 5.56 Å². The van der Waals surface area contributed by atoms with Gasteiger partial charge in [0.25, 0.3) is 0 Å². The van der Waals surface area contributed by atoms with E-state index in [1.807, 2.05) is 12.1 Å². The van der Waals surface area contributed by atoms with Crippen LogP contribution in [-0.2, 0) is 16.8 Å². The van der Waals surface area contributed by atoms with Crippen LogP contribution in [0.5, 0.6) is 5.75 Å². The molecule has 0 radical (unpaired) electrons. The number of phenols is 1. The first-order valence-electron chi connectivity index (χ1n) is 4.30. The fourth-order valence-corrected chi connectivity index (χ4v) is 1.53. The molecule has 0 saturated heterocycles. The zero-order valence-electron chi connectivity index (χ0n) is 8.29. The molecule has 15 heavy (non-hydrogen) atoms. The maximum absolute atomic E-state index is 8.93. The standard InChI is InChI=1S/C8H9O.Na.H2O4S/c1-2-7-3-5-8(9)6-4-7;;1-5(2,3)4/h3-6,9H,1-2H2;;(H2,1,2,3,4). The zero-order chi connectivity index (χ0) is 11.9. The van der Waals surface area contributed by atoms with Crippen molar-refractivity contribution in [2.24, 2.45) is 0 Å². The van der Waals surface area contributed by atoms with Crippen molar-refractivity contribution in [3.63, 3.8) is 0 Å². The second kappa shape index (κ2) is 7.21. The summed E-state index contributed by atoms with van der Waals surface area (Å²) in [4.78, 5) is 0. The van der Waals surface area contributed by atoms with Crippen LogP contribution in [0.2, 0.25) is 3.67 Å². The van der Waals surface area contributed by atoms with Crippen molar-refractivity contribution in [1.29, 1.82) is 0 Å². The Balaban J connectivity index is 0.000000336. The number of benzene rings is 1. The SMILES string of the molecule is O=S(=O)(O)O.Oc1ccc(C[CH2][Na])cc1. The summed E-state index contributed by atoms with van der Waals surface area (Å²) in [5.41, 5.74) is 1.33. The molecule has 0 aromatic heterocycles. The molecule has 0 fully saturated rings.